The van der Waals surface area contributed by atoms with Crippen LogP contribution < -0.4 is 11.3 Å². The summed E-state index contributed by atoms with van der Waals surface area (Å²) in [6.07, 6.45) is 0. The number of aromatic nitrogens is 2. The van der Waals surface area contributed by atoms with E-state index in [0.717, 1.165) is 15.6 Å². The van der Waals surface area contributed by atoms with Crippen molar-refractivity contribution in [2.75, 3.05) is 5.43 Å². The fourth-order valence-corrected chi connectivity index (χ4v) is 2.68. The minimum Gasteiger partial charge on any atom is -0.292 e. The maximum Gasteiger partial charge on any atom is 0.238 e. The zero-order valence-corrected chi connectivity index (χ0v) is 13.1. The lowest BCUT2D eigenvalue weighted by molar-refractivity contribution is 0.590. The molecule has 0 unspecified atom stereocenters. The molecule has 0 atom stereocenters. The molecular weight excluding hydrogens is 268 g/mol. The summed E-state index contributed by atoms with van der Waals surface area (Å²) < 4.78 is 0. The summed E-state index contributed by atoms with van der Waals surface area (Å²) in [5.41, 5.74) is 4.87. The van der Waals surface area contributed by atoms with Crippen molar-refractivity contribution in [3.8, 4) is 0 Å². The molecule has 1 heterocycles. The fourth-order valence-electron chi connectivity index (χ4n) is 1.80. The van der Waals surface area contributed by atoms with Crippen LogP contribution >= 0.6 is 11.8 Å². The molecule has 0 saturated carbocycles. The molecule has 2 aromatic rings. The van der Waals surface area contributed by atoms with Crippen LogP contribution in [0.5, 0.6) is 0 Å². The average Bonchev–Trinajstić information content (AvgIpc) is 2.37. The van der Waals surface area contributed by atoms with Crippen LogP contribution in [0.15, 0.2) is 40.3 Å². The first-order chi connectivity index (χ1) is 9.38. The van der Waals surface area contributed by atoms with Crippen LogP contribution in [0, 0.1) is 6.92 Å². The number of hydrogen-bond acceptors (Lipinski definition) is 5. The molecule has 1 aromatic heterocycles. The maximum atomic E-state index is 5.36. The number of benzene rings is 1. The van der Waals surface area contributed by atoms with Crippen LogP contribution in [0.3, 0.4) is 0 Å². The molecule has 0 amide bonds. The molecule has 0 aliphatic rings. The van der Waals surface area contributed by atoms with Gasteiger partial charge in [0.05, 0.1) is 0 Å². The number of nitrogen functional groups attached to an aromatic ring is 1. The molecule has 0 fully saturated rings. The predicted molar refractivity (Wildman–Crippen MR) is 83.8 cm³/mol. The molecule has 3 N–H and O–H groups in total. The summed E-state index contributed by atoms with van der Waals surface area (Å²) in [6.45, 7) is 8.56. The Bertz CT molecular complexity index is 588. The lowest BCUT2D eigenvalue weighted by atomic mass is 9.87. The average molecular weight is 288 g/mol. The Balaban J connectivity index is 2.20. The smallest absolute Gasteiger partial charge is 0.238 e. The Morgan fingerprint density at radius 1 is 1.10 bits per heavy atom. The highest BCUT2D eigenvalue weighted by atomic mass is 32.2. The summed E-state index contributed by atoms with van der Waals surface area (Å²) in [5, 5.41) is 0.883. The second kappa shape index (κ2) is 5.81. The number of hydrazine groups is 1. The lowest BCUT2D eigenvalue weighted by Crippen LogP contribution is -2.11. The number of anilines is 1. The highest BCUT2D eigenvalue weighted by Gasteiger charge is 2.13. The van der Waals surface area contributed by atoms with E-state index in [1.165, 1.54) is 5.56 Å². The van der Waals surface area contributed by atoms with E-state index in [1.807, 2.05) is 13.0 Å². The van der Waals surface area contributed by atoms with Gasteiger partial charge in [-0.1, -0.05) is 44.7 Å². The Morgan fingerprint density at radius 2 is 1.75 bits per heavy atom. The fraction of sp³-hybridized carbons (Fsp3) is 0.333. The molecular formula is C15H20N4S. The Labute approximate surface area is 124 Å². The van der Waals surface area contributed by atoms with Gasteiger partial charge in [0.15, 0.2) is 0 Å². The molecule has 0 saturated heterocycles. The quantitative estimate of drug-likeness (QED) is 0.514. The standard InChI is InChI=1S/C15H20N4S/c1-10-9-13(18-14(17-10)19-16)20-12-7-5-11(6-8-12)15(2,3)4/h5-9H,16H2,1-4H3,(H,17,18,19). The zero-order valence-electron chi connectivity index (χ0n) is 12.3. The minimum absolute atomic E-state index is 0.172. The molecule has 2 rings (SSSR count). The van der Waals surface area contributed by atoms with Crippen LogP contribution in [0.1, 0.15) is 32.0 Å². The molecule has 106 valence electrons. The Hall–Kier alpha value is -1.59. The van der Waals surface area contributed by atoms with E-state index in [1.54, 1.807) is 11.8 Å². The van der Waals surface area contributed by atoms with Gasteiger partial charge in [-0.2, -0.15) is 0 Å². The van der Waals surface area contributed by atoms with Gasteiger partial charge in [-0.05, 0) is 36.1 Å². The minimum atomic E-state index is 0.172. The van der Waals surface area contributed by atoms with E-state index in [9.17, 15) is 0 Å². The van der Waals surface area contributed by atoms with Crippen LogP contribution in [0.25, 0.3) is 0 Å². The number of rotatable bonds is 3. The SMILES string of the molecule is Cc1cc(Sc2ccc(C(C)(C)C)cc2)nc(NN)n1. The van der Waals surface area contributed by atoms with E-state index >= 15 is 0 Å². The first-order valence-electron chi connectivity index (χ1n) is 6.49. The van der Waals surface area contributed by atoms with Crippen molar-refractivity contribution in [2.24, 2.45) is 5.84 Å². The second-order valence-corrected chi connectivity index (χ2v) is 6.79. The van der Waals surface area contributed by atoms with Gasteiger partial charge in [-0.3, -0.25) is 5.43 Å². The van der Waals surface area contributed by atoms with Crippen molar-refractivity contribution in [1.82, 2.24) is 9.97 Å². The molecule has 20 heavy (non-hydrogen) atoms. The molecule has 1 aromatic carbocycles. The summed E-state index contributed by atoms with van der Waals surface area (Å²) in [7, 11) is 0. The topological polar surface area (TPSA) is 63.8 Å². The highest BCUT2D eigenvalue weighted by molar-refractivity contribution is 7.99. The number of nitrogens with one attached hydrogen (secondary N) is 1. The second-order valence-electron chi connectivity index (χ2n) is 5.69. The molecule has 0 spiro atoms. The third-order valence-corrected chi connectivity index (χ3v) is 3.83. The van der Waals surface area contributed by atoms with Gasteiger partial charge in [0, 0.05) is 10.6 Å². The molecule has 4 nitrogen and oxygen atoms in total. The number of hydrogen-bond donors (Lipinski definition) is 2. The van der Waals surface area contributed by atoms with Crippen molar-refractivity contribution < 1.29 is 0 Å². The molecule has 0 aliphatic heterocycles. The highest BCUT2D eigenvalue weighted by Crippen LogP contribution is 2.29. The van der Waals surface area contributed by atoms with E-state index in [4.69, 9.17) is 5.84 Å². The Kier molecular flexibility index (Phi) is 4.30. The van der Waals surface area contributed by atoms with E-state index < -0.39 is 0 Å². The van der Waals surface area contributed by atoms with Gasteiger partial charge in [-0.15, -0.1) is 0 Å². The number of nitrogens with two attached hydrogens (primary N) is 1. The first kappa shape index (κ1) is 14.8. The third-order valence-electron chi connectivity index (χ3n) is 2.90. The molecule has 0 aliphatic carbocycles. The van der Waals surface area contributed by atoms with Crippen molar-refractivity contribution in [3.63, 3.8) is 0 Å². The normalized spacial score (nSPS) is 11.4. The largest absolute Gasteiger partial charge is 0.292 e. The number of nitrogens with zero attached hydrogens (tertiary/aromatic N) is 2. The zero-order chi connectivity index (χ0) is 14.8. The van der Waals surface area contributed by atoms with Gasteiger partial charge in [-0.25, -0.2) is 15.8 Å². The van der Waals surface area contributed by atoms with E-state index in [2.05, 4.69) is 60.4 Å². The van der Waals surface area contributed by atoms with Crippen molar-refractivity contribution in [1.29, 1.82) is 0 Å². The predicted octanol–water partition coefficient (Wildman–Crippen LogP) is 3.52. The third kappa shape index (κ3) is 3.71. The van der Waals surface area contributed by atoms with Crippen LogP contribution in [-0.2, 0) is 5.41 Å². The van der Waals surface area contributed by atoms with Crippen LogP contribution in [0.4, 0.5) is 5.95 Å². The van der Waals surface area contributed by atoms with E-state index in [0.29, 0.717) is 5.95 Å². The van der Waals surface area contributed by atoms with Crippen molar-refractivity contribution in [2.45, 2.75) is 43.0 Å². The van der Waals surface area contributed by atoms with Gasteiger partial charge in [0.1, 0.15) is 5.03 Å². The molecule has 0 bridgehead atoms. The monoisotopic (exact) mass is 288 g/mol. The number of aryl methyl sites for hydroxylation is 1. The van der Waals surface area contributed by atoms with Gasteiger partial charge < -0.3 is 0 Å². The van der Waals surface area contributed by atoms with Crippen molar-refractivity contribution >= 4 is 17.7 Å². The molecule has 0 radical (unpaired) electrons. The summed E-state index contributed by atoms with van der Waals surface area (Å²) >= 11 is 1.60. The summed E-state index contributed by atoms with van der Waals surface area (Å²) in [4.78, 5) is 9.67. The molecule has 5 heteroatoms. The van der Waals surface area contributed by atoms with Crippen LogP contribution in [-0.4, -0.2) is 9.97 Å². The van der Waals surface area contributed by atoms with E-state index in [-0.39, 0.29) is 5.41 Å². The summed E-state index contributed by atoms with van der Waals surface area (Å²) in [5.74, 6) is 5.81. The summed E-state index contributed by atoms with van der Waals surface area (Å²) in [6, 6.07) is 10.5. The van der Waals surface area contributed by atoms with Gasteiger partial charge >= 0.3 is 0 Å². The maximum absolute atomic E-state index is 5.36. The Morgan fingerprint density at radius 3 is 2.30 bits per heavy atom. The van der Waals surface area contributed by atoms with Gasteiger partial charge in [0.25, 0.3) is 0 Å². The van der Waals surface area contributed by atoms with Crippen molar-refractivity contribution in [3.05, 3.63) is 41.6 Å². The van der Waals surface area contributed by atoms with Crippen LogP contribution in [0.2, 0.25) is 0 Å². The first-order valence-corrected chi connectivity index (χ1v) is 7.31. The lowest BCUT2D eigenvalue weighted by Gasteiger charge is -2.19. The van der Waals surface area contributed by atoms with Gasteiger partial charge in [0.2, 0.25) is 5.95 Å².